The highest BCUT2D eigenvalue weighted by atomic mass is 16.2. The van der Waals surface area contributed by atoms with Crippen LogP contribution in [-0.4, -0.2) is 35.2 Å². The van der Waals surface area contributed by atoms with Gasteiger partial charge in [0.25, 0.3) is 5.91 Å². The lowest BCUT2D eigenvalue weighted by molar-refractivity contribution is -0.138. The molecule has 1 atom stereocenters. The largest absolute Gasteiger partial charge is 0.344 e. The number of hydrogen-bond acceptors (Lipinski definition) is 4. The van der Waals surface area contributed by atoms with Gasteiger partial charge in [0.05, 0.1) is 0 Å². The van der Waals surface area contributed by atoms with Crippen molar-refractivity contribution in [2.75, 3.05) is 6.54 Å². The van der Waals surface area contributed by atoms with Crippen LogP contribution in [0.5, 0.6) is 0 Å². The molecule has 1 saturated carbocycles. The number of rotatable bonds is 9. The molecule has 27 heavy (non-hydrogen) atoms. The lowest BCUT2D eigenvalue weighted by atomic mass is 9.87. The Labute approximate surface area is 161 Å². The van der Waals surface area contributed by atoms with Crippen molar-refractivity contribution in [2.45, 2.75) is 64.3 Å². The van der Waals surface area contributed by atoms with Gasteiger partial charge in [-0.25, -0.2) is 5.84 Å². The fraction of sp³-hybridized carbons (Fsp3) is 0.571. The molecule has 0 radical (unpaired) electrons. The lowest BCUT2D eigenvalue weighted by Gasteiger charge is -2.25. The summed E-state index contributed by atoms with van der Waals surface area (Å²) in [6, 6.07) is 8.84. The molecule has 1 aromatic rings. The number of nitrogens with two attached hydrogens (primary N) is 1. The fourth-order valence-electron chi connectivity index (χ4n) is 3.60. The minimum atomic E-state index is -0.889. The molecular formula is C21H31N3O3. The Balaban J connectivity index is 1.89. The number of nitrogens with zero attached hydrogens (tertiary/aromatic N) is 1. The standard InChI is InChI=1S/C21H31N3O3/c1-16(25)14-19(23-20(26)15-18-10-6-3-7-11-18)21(27)24(22)13-12-17-8-4-2-5-9-17/h2,4-5,8-9,18-19H,3,6-7,10-15,22H2,1H3,(H,23,26)/t19-/m1/s1. The first kappa shape index (κ1) is 21.1. The van der Waals surface area contributed by atoms with Crippen molar-refractivity contribution in [3.05, 3.63) is 35.9 Å². The number of ketones is 1. The maximum Gasteiger partial charge on any atom is 0.259 e. The summed E-state index contributed by atoms with van der Waals surface area (Å²) in [5.74, 6) is 5.56. The van der Waals surface area contributed by atoms with E-state index in [1.165, 1.54) is 13.3 Å². The van der Waals surface area contributed by atoms with Crippen molar-refractivity contribution in [3.8, 4) is 0 Å². The minimum absolute atomic E-state index is 0.0335. The second-order valence-electron chi connectivity index (χ2n) is 7.50. The lowest BCUT2D eigenvalue weighted by Crippen LogP contribution is -2.52. The summed E-state index contributed by atoms with van der Waals surface area (Å²) in [6.45, 7) is 1.74. The smallest absolute Gasteiger partial charge is 0.259 e. The number of Topliss-reactive ketones (excluding diaryl/α,β-unsaturated/α-hetero) is 1. The SMILES string of the molecule is CC(=O)C[C@@H](NC(=O)CC1CCCCC1)C(=O)N(N)CCc1ccccc1. The second kappa shape index (κ2) is 10.8. The summed E-state index contributed by atoms with van der Waals surface area (Å²) in [6.07, 6.45) is 6.65. The molecule has 0 aromatic heterocycles. The maximum atomic E-state index is 12.7. The molecule has 0 spiro atoms. The van der Waals surface area contributed by atoms with Gasteiger partial charge in [0.15, 0.2) is 0 Å². The van der Waals surface area contributed by atoms with E-state index in [2.05, 4.69) is 5.32 Å². The van der Waals surface area contributed by atoms with E-state index in [1.807, 2.05) is 30.3 Å². The highest BCUT2D eigenvalue weighted by Gasteiger charge is 2.27. The molecule has 2 amide bonds. The number of benzene rings is 1. The molecule has 6 nitrogen and oxygen atoms in total. The van der Waals surface area contributed by atoms with Gasteiger partial charge < -0.3 is 5.32 Å². The Morgan fingerprint density at radius 2 is 1.81 bits per heavy atom. The molecule has 0 aliphatic heterocycles. The Kier molecular flexibility index (Phi) is 8.45. The second-order valence-corrected chi connectivity index (χ2v) is 7.50. The highest BCUT2D eigenvalue weighted by molar-refractivity contribution is 5.91. The topological polar surface area (TPSA) is 92.5 Å². The van der Waals surface area contributed by atoms with Crippen molar-refractivity contribution in [1.29, 1.82) is 0 Å². The number of hydrazine groups is 1. The number of carbonyl (C=O) groups excluding carboxylic acids is 3. The number of carbonyl (C=O) groups is 3. The summed E-state index contributed by atoms with van der Waals surface area (Å²) in [5, 5.41) is 3.86. The third-order valence-electron chi connectivity index (χ3n) is 5.09. The predicted molar refractivity (Wildman–Crippen MR) is 104 cm³/mol. The molecule has 0 unspecified atom stereocenters. The quantitative estimate of drug-likeness (QED) is 0.395. The molecule has 3 N–H and O–H groups in total. The molecule has 6 heteroatoms. The van der Waals surface area contributed by atoms with Gasteiger partial charge >= 0.3 is 0 Å². The summed E-state index contributed by atoms with van der Waals surface area (Å²) < 4.78 is 0. The first-order valence-electron chi connectivity index (χ1n) is 9.84. The van der Waals surface area contributed by atoms with Crippen LogP contribution in [0.25, 0.3) is 0 Å². The van der Waals surface area contributed by atoms with Gasteiger partial charge in [-0.1, -0.05) is 49.6 Å². The normalized spacial score (nSPS) is 15.8. The Morgan fingerprint density at radius 3 is 2.44 bits per heavy atom. The van der Waals surface area contributed by atoms with Crippen molar-refractivity contribution >= 4 is 17.6 Å². The summed E-state index contributed by atoms with van der Waals surface area (Å²) in [4.78, 5) is 36.6. The van der Waals surface area contributed by atoms with Crippen LogP contribution in [0.4, 0.5) is 0 Å². The van der Waals surface area contributed by atoms with E-state index >= 15 is 0 Å². The average molecular weight is 373 g/mol. The maximum absolute atomic E-state index is 12.7. The molecule has 0 heterocycles. The fourth-order valence-corrected chi connectivity index (χ4v) is 3.60. The molecule has 0 bridgehead atoms. The minimum Gasteiger partial charge on any atom is -0.344 e. The van der Waals surface area contributed by atoms with E-state index in [9.17, 15) is 14.4 Å². The van der Waals surface area contributed by atoms with Crippen LogP contribution < -0.4 is 11.2 Å². The molecule has 1 aliphatic carbocycles. The molecule has 0 saturated heterocycles. The van der Waals surface area contributed by atoms with Crippen molar-refractivity contribution in [1.82, 2.24) is 10.3 Å². The zero-order valence-corrected chi connectivity index (χ0v) is 16.2. The molecule has 148 valence electrons. The van der Waals surface area contributed by atoms with Gasteiger partial charge in [-0.3, -0.25) is 19.4 Å². The molecular weight excluding hydrogens is 342 g/mol. The van der Waals surface area contributed by atoms with Gasteiger partial charge in [-0.05, 0) is 37.7 Å². The summed E-state index contributed by atoms with van der Waals surface area (Å²) in [5.41, 5.74) is 1.07. The first-order chi connectivity index (χ1) is 13.0. The van der Waals surface area contributed by atoms with Gasteiger partial charge in [0, 0.05) is 19.4 Å². The van der Waals surface area contributed by atoms with Crippen LogP contribution in [0.15, 0.2) is 30.3 Å². The third-order valence-corrected chi connectivity index (χ3v) is 5.09. The zero-order valence-electron chi connectivity index (χ0n) is 16.2. The van der Waals surface area contributed by atoms with Crippen LogP contribution in [0, 0.1) is 5.92 Å². The van der Waals surface area contributed by atoms with E-state index in [0.717, 1.165) is 36.3 Å². The van der Waals surface area contributed by atoms with E-state index in [0.29, 0.717) is 25.3 Å². The Hall–Kier alpha value is -2.21. The van der Waals surface area contributed by atoms with Crippen LogP contribution in [-0.2, 0) is 20.8 Å². The predicted octanol–water partition coefficient (Wildman–Crippen LogP) is 2.37. The number of nitrogens with one attached hydrogen (secondary N) is 1. The van der Waals surface area contributed by atoms with Gasteiger partial charge in [0.1, 0.15) is 11.8 Å². The van der Waals surface area contributed by atoms with E-state index < -0.39 is 11.9 Å². The van der Waals surface area contributed by atoms with E-state index in [-0.39, 0.29) is 18.1 Å². The molecule has 1 aromatic carbocycles. The van der Waals surface area contributed by atoms with Crippen molar-refractivity contribution in [2.24, 2.45) is 11.8 Å². The third kappa shape index (κ3) is 7.51. The van der Waals surface area contributed by atoms with Crippen molar-refractivity contribution < 1.29 is 14.4 Å². The Morgan fingerprint density at radius 1 is 1.15 bits per heavy atom. The van der Waals surface area contributed by atoms with E-state index in [1.54, 1.807) is 0 Å². The van der Waals surface area contributed by atoms with Crippen LogP contribution >= 0.6 is 0 Å². The zero-order chi connectivity index (χ0) is 19.6. The van der Waals surface area contributed by atoms with Crippen LogP contribution in [0.1, 0.15) is 57.4 Å². The molecule has 1 aliphatic rings. The van der Waals surface area contributed by atoms with Gasteiger partial charge in [-0.15, -0.1) is 0 Å². The summed E-state index contributed by atoms with van der Waals surface area (Å²) in [7, 11) is 0. The summed E-state index contributed by atoms with van der Waals surface area (Å²) >= 11 is 0. The monoisotopic (exact) mass is 373 g/mol. The van der Waals surface area contributed by atoms with Gasteiger partial charge in [-0.2, -0.15) is 0 Å². The number of amides is 2. The molecule has 1 fully saturated rings. The average Bonchev–Trinajstić information content (AvgIpc) is 2.66. The van der Waals surface area contributed by atoms with Gasteiger partial charge in [0.2, 0.25) is 5.91 Å². The molecule has 2 rings (SSSR count). The highest BCUT2D eigenvalue weighted by Crippen LogP contribution is 2.26. The Bertz CT molecular complexity index is 627. The first-order valence-corrected chi connectivity index (χ1v) is 9.84. The number of hydrogen-bond donors (Lipinski definition) is 2. The van der Waals surface area contributed by atoms with Crippen LogP contribution in [0.2, 0.25) is 0 Å². The van der Waals surface area contributed by atoms with Crippen molar-refractivity contribution in [3.63, 3.8) is 0 Å². The van der Waals surface area contributed by atoms with E-state index in [4.69, 9.17) is 5.84 Å². The van der Waals surface area contributed by atoms with Crippen LogP contribution in [0.3, 0.4) is 0 Å².